The zero-order valence-corrected chi connectivity index (χ0v) is 21.0. The van der Waals surface area contributed by atoms with Crippen molar-refractivity contribution in [2.75, 3.05) is 20.2 Å². The molecule has 0 radical (unpaired) electrons. The molecule has 0 bridgehead atoms. The molecule has 1 amide bonds. The average Bonchev–Trinajstić information content (AvgIpc) is 3.40. The lowest BCUT2D eigenvalue weighted by Crippen LogP contribution is -2.45. The molecule has 4 heterocycles. The molecule has 5 rings (SSSR count). The monoisotopic (exact) mass is 474 g/mol. The maximum Gasteiger partial charge on any atom is 0.254 e. The predicted molar refractivity (Wildman–Crippen MR) is 139 cm³/mol. The highest BCUT2D eigenvalue weighted by Gasteiger charge is 2.26. The molecule has 8 heteroatoms. The van der Waals surface area contributed by atoms with Gasteiger partial charge in [-0.15, -0.1) is 0 Å². The van der Waals surface area contributed by atoms with Crippen molar-refractivity contribution in [3.8, 4) is 17.3 Å². The largest absolute Gasteiger partial charge is 0.494 e. The van der Waals surface area contributed by atoms with E-state index in [1.54, 1.807) is 7.11 Å². The summed E-state index contributed by atoms with van der Waals surface area (Å²) in [6, 6.07) is 9.96. The Bertz CT molecular complexity index is 1390. The number of fused-ring (bicyclic) bond motifs is 2. The van der Waals surface area contributed by atoms with E-state index in [2.05, 4.69) is 47.0 Å². The van der Waals surface area contributed by atoms with Gasteiger partial charge >= 0.3 is 0 Å². The summed E-state index contributed by atoms with van der Waals surface area (Å²) in [6.45, 7) is 9.35. The van der Waals surface area contributed by atoms with Crippen LogP contribution in [0.3, 0.4) is 0 Å². The highest BCUT2D eigenvalue weighted by atomic mass is 16.5. The van der Waals surface area contributed by atoms with Crippen LogP contribution in [0.1, 0.15) is 44.0 Å². The number of carbonyl (C=O) groups excluding carboxylic acids is 1. The molecule has 0 aliphatic carbocycles. The number of methoxy groups -OCH3 is 1. The smallest absolute Gasteiger partial charge is 0.254 e. The molecule has 0 spiro atoms. The number of nitrogens with zero attached hydrogens (tertiary/aromatic N) is 5. The van der Waals surface area contributed by atoms with Gasteiger partial charge in [-0.2, -0.15) is 0 Å². The van der Waals surface area contributed by atoms with Gasteiger partial charge in [0.2, 0.25) is 0 Å². The summed E-state index contributed by atoms with van der Waals surface area (Å²) in [5, 5.41) is 1.08. The lowest BCUT2D eigenvalue weighted by atomic mass is 10.0. The standard InChI is InChI=1S/C27H34N6O2/c1-5-32-22(13-18-8-6-10-29-25(18)32)26-30-21-12-19(27(34)31-11-7-9-20(28)16-31)14-23(35-4)24(21)33(26)15-17(2)3/h6,8,10,12-14,17,20H,5,7,9,11,15-16,28H2,1-4H3. The van der Waals surface area contributed by atoms with Crippen molar-refractivity contribution in [2.24, 2.45) is 11.7 Å². The van der Waals surface area contributed by atoms with Crippen LogP contribution in [0.5, 0.6) is 5.75 Å². The Morgan fingerprint density at radius 1 is 1.26 bits per heavy atom. The Morgan fingerprint density at radius 2 is 2.09 bits per heavy atom. The zero-order chi connectivity index (χ0) is 24.7. The Balaban J connectivity index is 1.70. The molecule has 1 fully saturated rings. The van der Waals surface area contributed by atoms with E-state index in [0.29, 0.717) is 23.8 Å². The van der Waals surface area contributed by atoms with Crippen LogP contribution in [0.2, 0.25) is 0 Å². The highest BCUT2D eigenvalue weighted by molar-refractivity contribution is 6.00. The minimum atomic E-state index is -0.0211. The van der Waals surface area contributed by atoms with E-state index in [-0.39, 0.29) is 11.9 Å². The number of carbonyl (C=O) groups is 1. The number of nitrogens with two attached hydrogens (primary N) is 1. The SMILES string of the molecule is CCn1c(-c2nc3cc(C(=O)N4CCCC(N)C4)cc(OC)c3n2CC(C)C)cc2cccnc21. The normalized spacial score (nSPS) is 16.5. The first-order valence-electron chi connectivity index (χ1n) is 12.5. The number of ether oxygens (including phenoxy) is 1. The second kappa shape index (κ2) is 9.34. The number of benzene rings is 1. The number of rotatable bonds is 6. The van der Waals surface area contributed by atoms with E-state index >= 15 is 0 Å². The van der Waals surface area contributed by atoms with E-state index in [4.69, 9.17) is 15.5 Å². The number of aromatic nitrogens is 4. The van der Waals surface area contributed by atoms with Crippen LogP contribution in [0.25, 0.3) is 33.6 Å². The Labute approximate surface area is 205 Å². The molecule has 0 saturated carbocycles. The van der Waals surface area contributed by atoms with Crippen molar-refractivity contribution in [1.29, 1.82) is 0 Å². The van der Waals surface area contributed by atoms with E-state index < -0.39 is 0 Å². The quantitative estimate of drug-likeness (QED) is 0.450. The van der Waals surface area contributed by atoms with Gasteiger partial charge in [0.1, 0.15) is 16.9 Å². The van der Waals surface area contributed by atoms with Gasteiger partial charge in [-0.25, -0.2) is 9.97 Å². The number of pyridine rings is 1. The van der Waals surface area contributed by atoms with Gasteiger partial charge in [-0.1, -0.05) is 13.8 Å². The number of likely N-dealkylation sites (tertiary alicyclic amines) is 1. The van der Waals surface area contributed by atoms with E-state index in [9.17, 15) is 4.79 Å². The second-order valence-corrected chi connectivity index (χ2v) is 9.83. The summed E-state index contributed by atoms with van der Waals surface area (Å²) in [5.41, 5.74) is 10.3. The highest BCUT2D eigenvalue weighted by Crippen LogP contribution is 2.35. The molecule has 1 aliphatic rings. The molecule has 1 aromatic carbocycles. The lowest BCUT2D eigenvalue weighted by molar-refractivity contribution is 0.0708. The van der Waals surface area contributed by atoms with Crippen LogP contribution >= 0.6 is 0 Å². The second-order valence-electron chi connectivity index (χ2n) is 9.83. The minimum Gasteiger partial charge on any atom is -0.494 e. The molecule has 1 unspecified atom stereocenters. The topological polar surface area (TPSA) is 91.2 Å². The molecule has 4 aromatic rings. The first-order chi connectivity index (χ1) is 16.9. The average molecular weight is 475 g/mol. The van der Waals surface area contributed by atoms with Gasteiger partial charge < -0.3 is 24.5 Å². The molecule has 1 atom stereocenters. The summed E-state index contributed by atoms with van der Waals surface area (Å²) in [6.07, 6.45) is 3.70. The van der Waals surface area contributed by atoms with Crippen molar-refractivity contribution >= 4 is 28.0 Å². The van der Waals surface area contributed by atoms with E-state index in [1.165, 1.54) is 0 Å². The van der Waals surface area contributed by atoms with E-state index in [0.717, 1.165) is 66.1 Å². The summed E-state index contributed by atoms with van der Waals surface area (Å²) < 4.78 is 10.3. The predicted octanol–water partition coefficient (Wildman–Crippen LogP) is 4.30. The van der Waals surface area contributed by atoms with E-state index in [1.807, 2.05) is 29.3 Å². The number of piperidine rings is 1. The van der Waals surface area contributed by atoms with Gasteiger partial charge in [0, 0.05) is 49.4 Å². The van der Waals surface area contributed by atoms with Crippen LogP contribution in [-0.4, -0.2) is 56.2 Å². The Kier molecular flexibility index (Phi) is 6.23. The third-order valence-electron chi connectivity index (χ3n) is 6.77. The summed E-state index contributed by atoms with van der Waals surface area (Å²) in [4.78, 5) is 24.9. The Morgan fingerprint density at radius 3 is 2.80 bits per heavy atom. The van der Waals surface area contributed by atoms with Crippen LogP contribution < -0.4 is 10.5 Å². The summed E-state index contributed by atoms with van der Waals surface area (Å²) in [5.74, 6) is 1.89. The maximum absolute atomic E-state index is 13.4. The fourth-order valence-corrected chi connectivity index (χ4v) is 5.22. The summed E-state index contributed by atoms with van der Waals surface area (Å²) in [7, 11) is 1.65. The van der Waals surface area contributed by atoms with Gasteiger partial charge in [-0.3, -0.25) is 4.79 Å². The van der Waals surface area contributed by atoms with Gasteiger partial charge in [0.25, 0.3) is 5.91 Å². The van der Waals surface area contributed by atoms with Crippen molar-refractivity contribution in [1.82, 2.24) is 24.0 Å². The first kappa shape index (κ1) is 23.4. The number of hydrogen-bond donors (Lipinski definition) is 1. The fraction of sp³-hybridized carbons (Fsp3) is 0.444. The lowest BCUT2D eigenvalue weighted by Gasteiger charge is -2.30. The molecule has 1 aliphatic heterocycles. The zero-order valence-electron chi connectivity index (χ0n) is 21.0. The van der Waals surface area contributed by atoms with Gasteiger partial charge in [0.05, 0.1) is 18.3 Å². The van der Waals surface area contributed by atoms with Crippen molar-refractivity contribution in [3.63, 3.8) is 0 Å². The maximum atomic E-state index is 13.4. The third-order valence-corrected chi connectivity index (χ3v) is 6.77. The Hall–Kier alpha value is -3.39. The van der Waals surface area contributed by atoms with Crippen LogP contribution in [0.4, 0.5) is 0 Å². The molecule has 2 N–H and O–H groups in total. The van der Waals surface area contributed by atoms with Crippen LogP contribution in [0.15, 0.2) is 36.5 Å². The number of aryl methyl sites for hydroxylation is 1. The molecule has 1 saturated heterocycles. The molecular formula is C27H34N6O2. The van der Waals surface area contributed by atoms with Crippen molar-refractivity contribution in [3.05, 3.63) is 42.1 Å². The number of hydrogen-bond acceptors (Lipinski definition) is 5. The minimum absolute atomic E-state index is 0.0211. The fourth-order valence-electron chi connectivity index (χ4n) is 5.22. The van der Waals surface area contributed by atoms with Gasteiger partial charge in [0.15, 0.2) is 5.82 Å². The number of imidazole rings is 1. The van der Waals surface area contributed by atoms with Crippen molar-refractivity contribution < 1.29 is 9.53 Å². The molecule has 35 heavy (non-hydrogen) atoms. The summed E-state index contributed by atoms with van der Waals surface area (Å²) >= 11 is 0. The molecule has 3 aromatic heterocycles. The van der Waals surface area contributed by atoms with Gasteiger partial charge in [-0.05, 0) is 56.0 Å². The molecular weight excluding hydrogens is 440 g/mol. The number of amides is 1. The van der Waals surface area contributed by atoms with Crippen molar-refractivity contribution in [2.45, 2.75) is 52.7 Å². The first-order valence-corrected chi connectivity index (χ1v) is 12.5. The molecule has 184 valence electrons. The third kappa shape index (κ3) is 4.16. The van der Waals surface area contributed by atoms with Crippen LogP contribution in [0, 0.1) is 5.92 Å². The molecule has 8 nitrogen and oxygen atoms in total. The van der Waals surface area contributed by atoms with Crippen LogP contribution in [-0.2, 0) is 13.1 Å².